The van der Waals surface area contributed by atoms with Gasteiger partial charge in [-0.25, -0.2) is 19.6 Å². The molecular formula is C17H20N6S. The third kappa shape index (κ3) is 2.22. The number of hydrogen-bond donors (Lipinski definition) is 1. The zero-order valence-corrected chi connectivity index (χ0v) is 14.6. The second-order valence-electron chi connectivity index (χ2n) is 6.62. The van der Waals surface area contributed by atoms with Crippen LogP contribution in [0.4, 0.5) is 5.82 Å². The van der Waals surface area contributed by atoms with E-state index in [4.69, 9.17) is 0 Å². The topological polar surface area (TPSA) is 68.5 Å². The summed E-state index contributed by atoms with van der Waals surface area (Å²) in [5.41, 5.74) is 1.48. The third-order valence-corrected chi connectivity index (χ3v) is 6.26. The highest BCUT2D eigenvalue weighted by molar-refractivity contribution is 7.19. The van der Waals surface area contributed by atoms with Gasteiger partial charge in [-0.2, -0.15) is 5.10 Å². The molecule has 3 aromatic heterocycles. The van der Waals surface area contributed by atoms with Crippen molar-refractivity contribution in [3.63, 3.8) is 0 Å². The quantitative estimate of drug-likeness (QED) is 0.794. The summed E-state index contributed by atoms with van der Waals surface area (Å²) >= 11 is 1.84. The van der Waals surface area contributed by atoms with Crippen molar-refractivity contribution in [3.05, 3.63) is 28.4 Å². The molecule has 0 fully saturated rings. The molecule has 0 saturated carbocycles. The Kier molecular flexibility index (Phi) is 3.29. The molecule has 0 radical (unpaired) electrons. The molecule has 5 rings (SSSR count). The van der Waals surface area contributed by atoms with Crippen LogP contribution in [0.2, 0.25) is 0 Å². The molecule has 1 atom stereocenters. The van der Waals surface area contributed by atoms with E-state index in [0.717, 1.165) is 54.5 Å². The third-order valence-electron chi connectivity index (χ3n) is 5.06. The van der Waals surface area contributed by atoms with Crippen LogP contribution in [0.5, 0.6) is 0 Å². The van der Waals surface area contributed by atoms with Gasteiger partial charge in [0.25, 0.3) is 0 Å². The summed E-state index contributed by atoms with van der Waals surface area (Å²) in [4.78, 5) is 16.3. The minimum atomic E-state index is 0.346. The van der Waals surface area contributed by atoms with Gasteiger partial charge >= 0.3 is 0 Å². The molecule has 3 aromatic rings. The summed E-state index contributed by atoms with van der Waals surface area (Å²) in [6.45, 7) is 2.96. The number of hydrogen-bond acceptors (Lipinski definition) is 6. The van der Waals surface area contributed by atoms with Gasteiger partial charge in [0, 0.05) is 23.8 Å². The molecule has 2 aliphatic rings. The van der Waals surface area contributed by atoms with E-state index < -0.39 is 0 Å². The predicted octanol–water partition coefficient (Wildman–Crippen LogP) is 2.76. The van der Waals surface area contributed by atoms with E-state index in [1.807, 2.05) is 11.3 Å². The summed E-state index contributed by atoms with van der Waals surface area (Å²) < 4.78 is 2.07. The summed E-state index contributed by atoms with van der Waals surface area (Å²) in [6, 6.07) is 0.346. The van der Waals surface area contributed by atoms with Gasteiger partial charge in [-0.15, -0.1) is 11.3 Å². The SMILES string of the molecule is CCc1nc2n(n1)CC(Nc1ncnc3sc4c(c13)CCC4)CC2. The first kappa shape index (κ1) is 14.3. The maximum atomic E-state index is 4.61. The second kappa shape index (κ2) is 5.51. The number of aryl methyl sites for hydroxylation is 4. The monoisotopic (exact) mass is 340 g/mol. The fraction of sp³-hybridized carbons (Fsp3) is 0.529. The van der Waals surface area contributed by atoms with E-state index in [-0.39, 0.29) is 0 Å². The van der Waals surface area contributed by atoms with Crippen molar-refractivity contribution in [1.82, 2.24) is 24.7 Å². The summed E-state index contributed by atoms with van der Waals surface area (Å²) in [6.07, 6.45) is 8.24. The van der Waals surface area contributed by atoms with E-state index >= 15 is 0 Å². The molecule has 6 nitrogen and oxygen atoms in total. The summed E-state index contributed by atoms with van der Waals surface area (Å²) in [5, 5.41) is 9.54. The van der Waals surface area contributed by atoms with Crippen LogP contribution in [0.1, 0.15) is 41.9 Å². The zero-order chi connectivity index (χ0) is 16.1. The van der Waals surface area contributed by atoms with E-state index in [1.54, 1.807) is 6.33 Å². The summed E-state index contributed by atoms with van der Waals surface area (Å²) in [5.74, 6) is 3.07. The Hall–Kier alpha value is -2.02. The lowest BCUT2D eigenvalue weighted by atomic mass is 10.1. The van der Waals surface area contributed by atoms with Crippen LogP contribution in [-0.4, -0.2) is 30.8 Å². The molecule has 0 aromatic carbocycles. The van der Waals surface area contributed by atoms with E-state index in [2.05, 4.69) is 37.0 Å². The van der Waals surface area contributed by atoms with Crippen molar-refractivity contribution in [2.75, 3.05) is 5.32 Å². The highest BCUT2D eigenvalue weighted by atomic mass is 32.1. The zero-order valence-electron chi connectivity index (χ0n) is 13.7. The van der Waals surface area contributed by atoms with Crippen LogP contribution >= 0.6 is 11.3 Å². The van der Waals surface area contributed by atoms with E-state index in [9.17, 15) is 0 Å². The van der Waals surface area contributed by atoms with Gasteiger partial charge in [0.05, 0.1) is 11.9 Å². The Labute approximate surface area is 144 Å². The van der Waals surface area contributed by atoms with Gasteiger partial charge in [0.15, 0.2) is 5.82 Å². The molecule has 1 aliphatic heterocycles. The molecule has 0 saturated heterocycles. The van der Waals surface area contributed by atoms with E-state index in [0.29, 0.717) is 6.04 Å². The Balaban J connectivity index is 1.45. The molecule has 4 heterocycles. The number of nitrogens with zero attached hydrogens (tertiary/aromatic N) is 5. The normalized spacial score (nSPS) is 19.5. The van der Waals surface area contributed by atoms with Crippen molar-refractivity contribution < 1.29 is 0 Å². The minimum absolute atomic E-state index is 0.346. The standard InChI is InChI=1S/C17H20N6S/c1-2-13-21-14-7-6-10(8-23(14)22-13)20-16-15-11-4-3-5-12(11)24-17(15)19-9-18-16/h9-10H,2-8H2,1H3,(H,18,19,20). The van der Waals surface area contributed by atoms with Gasteiger partial charge < -0.3 is 5.32 Å². The smallest absolute Gasteiger partial charge is 0.150 e. The molecule has 0 bridgehead atoms. The van der Waals surface area contributed by atoms with Crippen LogP contribution in [0.15, 0.2) is 6.33 Å². The van der Waals surface area contributed by atoms with Crippen LogP contribution in [0, 0.1) is 0 Å². The fourth-order valence-electron chi connectivity index (χ4n) is 3.86. The number of rotatable bonds is 3. The predicted molar refractivity (Wildman–Crippen MR) is 94.6 cm³/mol. The number of nitrogens with one attached hydrogen (secondary N) is 1. The average molecular weight is 340 g/mol. The molecular weight excluding hydrogens is 320 g/mol. The first-order valence-corrected chi connectivity index (χ1v) is 9.58. The van der Waals surface area contributed by atoms with Crippen LogP contribution < -0.4 is 5.32 Å². The Morgan fingerprint density at radius 2 is 2.25 bits per heavy atom. The molecule has 1 aliphatic carbocycles. The molecule has 1 N–H and O–H groups in total. The fourth-order valence-corrected chi connectivity index (χ4v) is 5.09. The van der Waals surface area contributed by atoms with Gasteiger partial charge in [0.2, 0.25) is 0 Å². The number of aromatic nitrogens is 5. The highest BCUT2D eigenvalue weighted by Crippen LogP contribution is 2.39. The number of fused-ring (bicyclic) bond motifs is 4. The molecule has 0 amide bonds. The first-order chi connectivity index (χ1) is 11.8. The van der Waals surface area contributed by atoms with Crippen LogP contribution in [0.3, 0.4) is 0 Å². The van der Waals surface area contributed by atoms with Gasteiger partial charge in [0.1, 0.15) is 22.8 Å². The van der Waals surface area contributed by atoms with Crippen LogP contribution in [0.25, 0.3) is 10.2 Å². The first-order valence-electron chi connectivity index (χ1n) is 8.76. The Morgan fingerprint density at radius 1 is 1.29 bits per heavy atom. The van der Waals surface area contributed by atoms with Crippen molar-refractivity contribution in [3.8, 4) is 0 Å². The van der Waals surface area contributed by atoms with Crippen molar-refractivity contribution >= 4 is 27.4 Å². The van der Waals surface area contributed by atoms with Gasteiger partial charge in [-0.3, -0.25) is 0 Å². The number of thiophene rings is 1. The Morgan fingerprint density at radius 3 is 3.17 bits per heavy atom. The lowest BCUT2D eigenvalue weighted by molar-refractivity contribution is 0.440. The minimum Gasteiger partial charge on any atom is -0.365 e. The maximum absolute atomic E-state index is 4.61. The van der Waals surface area contributed by atoms with Crippen molar-refractivity contribution in [2.45, 2.75) is 58.0 Å². The van der Waals surface area contributed by atoms with Gasteiger partial charge in [-0.1, -0.05) is 6.92 Å². The van der Waals surface area contributed by atoms with Gasteiger partial charge in [-0.05, 0) is 31.2 Å². The van der Waals surface area contributed by atoms with Crippen molar-refractivity contribution in [1.29, 1.82) is 0 Å². The largest absolute Gasteiger partial charge is 0.365 e. The lowest BCUT2D eigenvalue weighted by Gasteiger charge is -2.24. The second-order valence-corrected chi connectivity index (χ2v) is 7.70. The highest BCUT2D eigenvalue weighted by Gasteiger charge is 2.25. The molecule has 7 heteroatoms. The maximum Gasteiger partial charge on any atom is 0.150 e. The molecule has 124 valence electrons. The van der Waals surface area contributed by atoms with Crippen LogP contribution in [-0.2, 0) is 32.2 Å². The average Bonchev–Trinajstić information content (AvgIpc) is 3.27. The molecule has 24 heavy (non-hydrogen) atoms. The molecule has 0 spiro atoms. The van der Waals surface area contributed by atoms with Crippen molar-refractivity contribution in [2.24, 2.45) is 0 Å². The molecule has 1 unspecified atom stereocenters. The number of anilines is 1. The Bertz CT molecular complexity index is 911. The van der Waals surface area contributed by atoms with E-state index in [1.165, 1.54) is 28.7 Å². The summed E-state index contributed by atoms with van der Waals surface area (Å²) in [7, 11) is 0. The lowest BCUT2D eigenvalue weighted by Crippen LogP contribution is -2.32.